The molecule has 2 N–H and O–H groups in total. The Hall–Kier alpha value is -1.02. The molecule has 0 unspecified atom stereocenters. The molecule has 6 nitrogen and oxygen atoms in total. The topological polar surface area (TPSA) is 77.4 Å². The van der Waals surface area contributed by atoms with Crippen LogP contribution in [0.25, 0.3) is 0 Å². The number of hydrogen-bond acceptors (Lipinski definition) is 6. The smallest absolute Gasteiger partial charge is 0.186 e. The molecule has 2 fully saturated rings. The third-order valence-electron chi connectivity index (χ3n) is 3.64. The van der Waals surface area contributed by atoms with Crippen molar-refractivity contribution in [3.63, 3.8) is 0 Å². The van der Waals surface area contributed by atoms with E-state index in [0.717, 1.165) is 5.56 Å². The fourth-order valence-corrected chi connectivity index (χ4v) is 2.55. The van der Waals surface area contributed by atoms with Gasteiger partial charge in [-0.15, -0.1) is 0 Å². The first-order chi connectivity index (χ1) is 9.70. The zero-order chi connectivity index (χ0) is 14.1. The third kappa shape index (κ3) is 2.46. The summed E-state index contributed by atoms with van der Waals surface area (Å²) in [6.07, 6.45) is -4.76. The zero-order valence-corrected chi connectivity index (χ0v) is 11.1. The minimum Gasteiger partial charge on any atom is -0.387 e. The Bertz CT molecular complexity index is 437. The van der Waals surface area contributed by atoms with Gasteiger partial charge in [0, 0.05) is 12.7 Å². The van der Waals surface area contributed by atoms with Gasteiger partial charge < -0.3 is 29.2 Å². The maximum atomic E-state index is 10.1. The normalized spacial score (nSPS) is 41.1. The standard InChI is InChI=1S/C14H18O6/c1-17-14-11(16)10(15)12-9(19-14)7-18-13(20-12)8-5-3-2-4-6-8/h2-6,9-16H,7H2,1H3/t9-,10+,11+,12-,13+,14-/m1/s1. The Balaban J connectivity index is 1.74. The van der Waals surface area contributed by atoms with Gasteiger partial charge >= 0.3 is 0 Å². The maximum absolute atomic E-state index is 10.1. The molecule has 0 saturated carbocycles. The van der Waals surface area contributed by atoms with Crippen LogP contribution in [0.2, 0.25) is 0 Å². The van der Waals surface area contributed by atoms with Crippen LogP contribution in [0.3, 0.4) is 0 Å². The van der Waals surface area contributed by atoms with Crippen molar-refractivity contribution in [2.24, 2.45) is 0 Å². The van der Waals surface area contributed by atoms with Gasteiger partial charge in [0.25, 0.3) is 0 Å². The van der Waals surface area contributed by atoms with Crippen LogP contribution in [0.4, 0.5) is 0 Å². The first-order valence-electron chi connectivity index (χ1n) is 6.57. The van der Waals surface area contributed by atoms with Gasteiger partial charge in [-0.25, -0.2) is 0 Å². The quantitative estimate of drug-likeness (QED) is 0.806. The van der Waals surface area contributed by atoms with Gasteiger partial charge in [-0.1, -0.05) is 30.3 Å². The molecular formula is C14H18O6. The van der Waals surface area contributed by atoms with Crippen LogP contribution in [0, 0.1) is 0 Å². The van der Waals surface area contributed by atoms with E-state index in [4.69, 9.17) is 18.9 Å². The van der Waals surface area contributed by atoms with Crippen LogP contribution < -0.4 is 0 Å². The van der Waals surface area contributed by atoms with E-state index >= 15 is 0 Å². The Morgan fingerprint density at radius 3 is 2.55 bits per heavy atom. The minimum atomic E-state index is -1.14. The lowest BCUT2D eigenvalue weighted by Gasteiger charge is -2.45. The Morgan fingerprint density at radius 2 is 1.85 bits per heavy atom. The molecule has 110 valence electrons. The van der Waals surface area contributed by atoms with Crippen LogP contribution >= 0.6 is 0 Å². The highest BCUT2D eigenvalue weighted by Gasteiger charge is 2.48. The molecule has 20 heavy (non-hydrogen) atoms. The van der Waals surface area contributed by atoms with E-state index in [9.17, 15) is 10.2 Å². The highest BCUT2D eigenvalue weighted by molar-refractivity contribution is 5.16. The van der Waals surface area contributed by atoms with Crippen molar-refractivity contribution in [3.05, 3.63) is 35.9 Å². The largest absolute Gasteiger partial charge is 0.387 e. The zero-order valence-electron chi connectivity index (χ0n) is 11.1. The van der Waals surface area contributed by atoms with Gasteiger partial charge in [0.2, 0.25) is 0 Å². The van der Waals surface area contributed by atoms with Crippen molar-refractivity contribution in [2.75, 3.05) is 13.7 Å². The van der Waals surface area contributed by atoms with Gasteiger partial charge in [0.05, 0.1) is 6.61 Å². The highest BCUT2D eigenvalue weighted by Crippen LogP contribution is 2.33. The van der Waals surface area contributed by atoms with Crippen LogP contribution in [-0.4, -0.2) is 54.6 Å². The fourth-order valence-electron chi connectivity index (χ4n) is 2.55. The lowest BCUT2D eigenvalue weighted by molar-refractivity contribution is -0.358. The number of fused-ring (bicyclic) bond motifs is 1. The summed E-state index contributed by atoms with van der Waals surface area (Å²) in [5, 5.41) is 20.1. The average Bonchev–Trinajstić information content (AvgIpc) is 2.51. The van der Waals surface area contributed by atoms with E-state index in [1.165, 1.54) is 7.11 Å². The van der Waals surface area contributed by atoms with Crippen molar-refractivity contribution >= 4 is 0 Å². The lowest BCUT2D eigenvalue weighted by atomic mass is 9.98. The van der Waals surface area contributed by atoms with Crippen molar-refractivity contribution < 1.29 is 29.2 Å². The van der Waals surface area contributed by atoms with Gasteiger partial charge in [-0.2, -0.15) is 0 Å². The molecule has 0 bridgehead atoms. The van der Waals surface area contributed by atoms with Crippen molar-refractivity contribution in [1.29, 1.82) is 0 Å². The molecule has 6 atom stereocenters. The molecule has 0 aliphatic carbocycles. The summed E-state index contributed by atoms with van der Waals surface area (Å²) < 4.78 is 21.9. The number of rotatable bonds is 2. The summed E-state index contributed by atoms with van der Waals surface area (Å²) in [6.45, 7) is 0.272. The summed E-state index contributed by atoms with van der Waals surface area (Å²) in [7, 11) is 1.41. The minimum absolute atomic E-state index is 0.272. The molecular weight excluding hydrogens is 264 g/mol. The summed E-state index contributed by atoms with van der Waals surface area (Å²) in [5.74, 6) is 0. The molecule has 1 aromatic rings. The van der Waals surface area contributed by atoms with E-state index in [1.54, 1.807) is 0 Å². The Labute approximate surface area is 116 Å². The molecule has 0 amide bonds. The summed E-state index contributed by atoms with van der Waals surface area (Å²) in [4.78, 5) is 0. The Kier molecular flexibility index (Phi) is 4.02. The number of benzene rings is 1. The molecule has 0 radical (unpaired) electrons. The van der Waals surface area contributed by atoms with Crippen molar-refractivity contribution in [3.8, 4) is 0 Å². The second-order valence-corrected chi connectivity index (χ2v) is 4.94. The predicted octanol–water partition coefficient (Wildman–Crippen LogP) is 0.194. The number of aliphatic hydroxyl groups excluding tert-OH is 2. The SMILES string of the molecule is CO[C@@H]1O[C@@H]2CO[C@H](c3ccccc3)O[C@H]2[C@@H](O)[C@@H]1O. The van der Waals surface area contributed by atoms with Crippen LogP contribution in [-0.2, 0) is 18.9 Å². The Morgan fingerprint density at radius 1 is 1.10 bits per heavy atom. The third-order valence-corrected chi connectivity index (χ3v) is 3.64. The fraction of sp³-hybridized carbons (Fsp3) is 0.571. The molecule has 0 aromatic heterocycles. The van der Waals surface area contributed by atoms with Gasteiger partial charge in [0.15, 0.2) is 12.6 Å². The second kappa shape index (κ2) is 5.77. The van der Waals surface area contributed by atoms with Crippen LogP contribution in [0.15, 0.2) is 30.3 Å². The molecule has 2 aliphatic rings. The molecule has 1 aromatic carbocycles. The van der Waals surface area contributed by atoms with Crippen molar-refractivity contribution in [2.45, 2.75) is 37.0 Å². The first-order valence-corrected chi connectivity index (χ1v) is 6.57. The molecule has 2 saturated heterocycles. The van der Waals surface area contributed by atoms with E-state index in [1.807, 2.05) is 30.3 Å². The van der Waals surface area contributed by atoms with Gasteiger partial charge in [-0.05, 0) is 0 Å². The van der Waals surface area contributed by atoms with E-state index in [2.05, 4.69) is 0 Å². The van der Waals surface area contributed by atoms with E-state index < -0.39 is 37.0 Å². The molecule has 0 spiro atoms. The lowest BCUT2D eigenvalue weighted by Crippen LogP contribution is -2.62. The second-order valence-electron chi connectivity index (χ2n) is 4.94. The van der Waals surface area contributed by atoms with E-state index in [-0.39, 0.29) is 6.61 Å². The maximum Gasteiger partial charge on any atom is 0.186 e. The number of ether oxygens (including phenoxy) is 4. The molecule has 2 aliphatic heterocycles. The summed E-state index contributed by atoms with van der Waals surface area (Å²) >= 11 is 0. The number of hydrogen-bond donors (Lipinski definition) is 2. The van der Waals surface area contributed by atoms with Crippen molar-refractivity contribution in [1.82, 2.24) is 0 Å². The summed E-state index contributed by atoms with van der Waals surface area (Å²) in [6, 6.07) is 9.45. The number of aliphatic hydroxyl groups is 2. The average molecular weight is 282 g/mol. The first kappa shape index (κ1) is 13.9. The number of methoxy groups -OCH3 is 1. The molecule has 6 heteroatoms. The van der Waals surface area contributed by atoms with E-state index in [0.29, 0.717) is 0 Å². The van der Waals surface area contributed by atoms with Crippen LogP contribution in [0.1, 0.15) is 11.9 Å². The highest BCUT2D eigenvalue weighted by atomic mass is 16.7. The summed E-state index contributed by atoms with van der Waals surface area (Å²) in [5.41, 5.74) is 0.863. The monoisotopic (exact) mass is 282 g/mol. The van der Waals surface area contributed by atoms with Gasteiger partial charge in [0.1, 0.15) is 24.4 Å². The van der Waals surface area contributed by atoms with Gasteiger partial charge in [-0.3, -0.25) is 0 Å². The molecule has 3 rings (SSSR count). The molecule has 2 heterocycles. The van der Waals surface area contributed by atoms with Crippen LogP contribution in [0.5, 0.6) is 0 Å². The predicted molar refractivity (Wildman–Crippen MR) is 67.7 cm³/mol.